The summed E-state index contributed by atoms with van der Waals surface area (Å²) in [6.45, 7) is 3.39. The summed E-state index contributed by atoms with van der Waals surface area (Å²) in [4.78, 5) is 0. The van der Waals surface area contributed by atoms with Gasteiger partial charge < -0.3 is 10.1 Å². The first-order valence-electron chi connectivity index (χ1n) is 6.58. The van der Waals surface area contributed by atoms with Gasteiger partial charge in [-0.1, -0.05) is 6.92 Å². The number of rotatable bonds is 3. The van der Waals surface area contributed by atoms with Gasteiger partial charge in [-0.25, -0.2) is 0 Å². The van der Waals surface area contributed by atoms with Crippen LogP contribution in [0.25, 0.3) is 0 Å². The first-order valence-corrected chi connectivity index (χ1v) is 6.58. The third kappa shape index (κ3) is 2.94. The molecule has 1 saturated carbocycles. The lowest BCUT2D eigenvalue weighted by atomic mass is 9.76. The number of hydrogen-bond acceptors (Lipinski definition) is 2. The largest absolute Gasteiger partial charge is 0.378 e. The van der Waals surface area contributed by atoms with Crippen LogP contribution >= 0.6 is 0 Å². The van der Waals surface area contributed by atoms with Crippen molar-refractivity contribution in [3.8, 4) is 0 Å². The van der Waals surface area contributed by atoms with Crippen LogP contribution in [0.1, 0.15) is 45.4 Å². The standard InChI is InChI=1S/C13H25NO/c1-10-5-6-13(14-2)11(8-10)9-12-4-3-7-15-12/h10-14H,3-9H2,1-2H3. The van der Waals surface area contributed by atoms with Gasteiger partial charge in [0, 0.05) is 12.6 Å². The quantitative estimate of drug-likeness (QED) is 0.774. The van der Waals surface area contributed by atoms with Crippen molar-refractivity contribution < 1.29 is 4.74 Å². The van der Waals surface area contributed by atoms with Gasteiger partial charge >= 0.3 is 0 Å². The molecule has 4 unspecified atom stereocenters. The van der Waals surface area contributed by atoms with E-state index < -0.39 is 0 Å². The smallest absolute Gasteiger partial charge is 0.0579 e. The molecular weight excluding hydrogens is 186 g/mol. The maximum Gasteiger partial charge on any atom is 0.0579 e. The molecule has 0 amide bonds. The minimum Gasteiger partial charge on any atom is -0.378 e. The lowest BCUT2D eigenvalue weighted by Gasteiger charge is -2.36. The van der Waals surface area contributed by atoms with Gasteiger partial charge in [0.1, 0.15) is 0 Å². The second-order valence-corrected chi connectivity index (χ2v) is 5.44. The van der Waals surface area contributed by atoms with E-state index in [0.29, 0.717) is 6.10 Å². The van der Waals surface area contributed by atoms with E-state index in [0.717, 1.165) is 24.5 Å². The fourth-order valence-corrected chi connectivity index (χ4v) is 3.31. The minimum atomic E-state index is 0.566. The van der Waals surface area contributed by atoms with Crippen LogP contribution in [-0.2, 0) is 4.74 Å². The Bertz CT molecular complexity index is 189. The average Bonchev–Trinajstić information content (AvgIpc) is 2.71. The Balaban J connectivity index is 1.85. The summed E-state index contributed by atoms with van der Waals surface area (Å²) < 4.78 is 5.76. The molecule has 1 aliphatic heterocycles. The van der Waals surface area contributed by atoms with Crippen molar-refractivity contribution in [1.29, 1.82) is 0 Å². The lowest BCUT2D eigenvalue weighted by Crippen LogP contribution is -2.39. The van der Waals surface area contributed by atoms with Gasteiger partial charge in [-0.05, 0) is 57.4 Å². The van der Waals surface area contributed by atoms with Crippen molar-refractivity contribution in [1.82, 2.24) is 5.32 Å². The molecular formula is C13H25NO. The van der Waals surface area contributed by atoms with Crippen LogP contribution < -0.4 is 5.32 Å². The third-order valence-corrected chi connectivity index (χ3v) is 4.21. The van der Waals surface area contributed by atoms with Gasteiger partial charge in [0.2, 0.25) is 0 Å². The van der Waals surface area contributed by atoms with Crippen molar-refractivity contribution >= 4 is 0 Å². The first kappa shape index (κ1) is 11.4. The van der Waals surface area contributed by atoms with Gasteiger partial charge in [0.05, 0.1) is 6.10 Å². The predicted molar refractivity (Wildman–Crippen MR) is 62.9 cm³/mol. The van der Waals surface area contributed by atoms with Crippen molar-refractivity contribution in [3.05, 3.63) is 0 Å². The summed E-state index contributed by atoms with van der Waals surface area (Å²) in [7, 11) is 2.11. The zero-order chi connectivity index (χ0) is 10.7. The lowest BCUT2D eigenvalue weighted by molar-refractivity contribution is 0.0697. The monoisotopic (exact) mass is 211 g/mol. The van der Waals surface area contributed by atoms with Crippen LogP contribution in [-0.4, -0.2) is 25.8 Å². The Morgan fingerprint density at radius 2 is 2.13 bits per heavy atom. The van der Waals surface area contributed by atoms with Crippen LogP contribution in [0.5, 0.6) is 0 Å². The first-order chi connectivity index (χ1) is 7.29. The maximum atomic E-state index is 5.76. The van der Waals surface area contributed by atoms with Gasteiger partial charge in [0.15, 0.2) is 0 Å². The molecule has 2 nitrogen and oxygen atoms in total. The van der Waals surface area contributed by atoms with Crippen LogP contribution in [0, 0.1) is 11.8 Å². The molecule has 2 rings (SSSR count). The average molecular weight is 211 g/mol. The van der Waals surface area contributed by atoms with E-state index in [1.807, 2.05) is 0 Å². The summed E-state index contributed by atoms with van der Waals surface area (Å²) in [5, 5.41) is 3.49. The molecule has 1 saturated heterocycles. The molecule has 2 aliphatic rings. The predicted octanol–water partition coefficient (Wildman–Crippen LogP) is 2.58. The number of hydrogen-bond donors (Lipinski definition) is 1. The third-order valence-electron chi connectivity index (χ3n) is 4.21. The zero-order valence-corrected chi connectivity index (χ0v) is 10.2. The van der Waals surface area contributed by atoms with E-state index in [1.165, 1.54) is 38.5 Å². The molecule has 2 fully saturated rings. The van der Waals surface area contributed by atoms with Crippen molar-refractivity contribution in [3.63, 3.8) is 0 Å². The van der Waals surface area contributed by atoms with Crippen LogP contribution in [0.15, 0.2) is 0 Å². The fourth-order valence-electron chi connectivity index (χ4n) is 3.31. The summed E-state index contributed by atoms with van der Waals surface area (Å²) in [5.41, 5.74) is 0. The summed E-state index contributed by atoms with van der Waals surface area (Å²) in [5.74, 6) is 1.77. The molecule has 0 radical (unpaired) electrons. The van der Waals surface area contributed by atoms with E-state index >= 15 is 0 Å². The molecule has 1 aliphatic carbocycles. The van der Waals surface area contributed by atoms with E-state index in [2.05, 4.69) is 19.3 Å². The molecule has 15 heavy (non-hydrogen) atoms. The van der Waals surface area contributed by atoms with Crippen molar-refractivity contribution in [2.75, 3.05) is 13.7 Å². The van der Waals surface area contributed by atoms with Crippen molar-refractivity contribution in [2.45, 2.75) is 57.6 Å². The molecule has 2 heteroatoms. The number of ether oxygens (including phenoxy) is 1. The normalized spacial score (nSPS) is 42.0. The van der Waals surface area contributed by atoms with Gasteiger partial charge in [-0.2, -0.15) is 0 Å². The van der Waals surface area contributed by atoms with Crippen LogP contribution in [0.2, 0.25) is 0 Å². The molecule has 0 aromatic carbocycles. The molecule has 0 aromatic rings. The Kier molecular flexibility index (Phi) is 4.04. The number of nitrogens with one attached hydrogen (secondary N) is 1. The Hall–Kier alpha value is -0.0800. The SMILES string of the molecule is CNC1CCC(C)CC1CC1CCCO1. The summed E-state index contributed by atoms with van der Waals surface area (Å²) in [6, 6.07) is 0.741. The van der Waals surface area contributed by atoms with Gasteiger partial charge in [-0.3, -0.25) is 0 Å². The van der Waals surface area contributed by atoms with Crippen LogP contribution in [0.3, 0.4) is 0 Å². The van der Waals surface area contributed by atoms with E-state index in [-0.39, 0.29) is 0 Å². The highest BCUT2D eigenvalue weighted by molar-refractivity contribution is 4.85. The summed E-state index contributed by atoms with van der Waals surface area (Å²) >= 11 is 0. The van der Waals surface area contributed by atoms with E-state index in [9.17, 15) is 0 Å². The Morgan fingerprint density at radius 1 is 1.27 bits per heavy atom. The second-order valence-electron chi connectivity index (χ2n) is 5.44. The molecule has 88 valence electrons. The van der Waals surface area contributed by atoms with E-state index in [4.69, 9.17) is 4.74 Å². The highest BCUT2D eigenvalue weighted by Crippen LogP contribution is 2.34. The topological polar surface area (TPSA) is 21.3 Å². The zero-order valence-electron chi connectivity index (χ0n) is 10.2. The molecule has 0 spiro atoms. The molecule has 0 aromatic heterocycles. The minimum absolute atomic E-state index is 0.566. The van der Waals surface area contributed by atoms with E-state index in [1.54, 1.807) is 0 Å². The molecule has 0 bridgehead atoms. The molecule has 1 heterocycles. The highest BCUT2D eigenvalue weighted by atomic mass is 16.5. The van der Waals surface area contributed by atoms with Crippen LogP contribution in [0.4, 0.5) is 0 Å². The van der Waals surface area contributed by atoms with Gasteiger partial charge in [-0.15, -0.1) is 0 Å². The summed E-state index contributed by atoms with van der Waals surface area (Å²) in [6.07, 6.45) is 8.57. The Labute approximate surface area is 93.8 Å². The fraction of sp³-hybridized carbons (Fsp3) is 1.00. The highest BCUT2D eigenvalue weighted by Gasteiger charge is 2.30. The van der Waals surface area contributed by atoms with Crippen molar-refractivity contribution in [2.24, 2.45) is 11.8 Å². The second kappa shape index (κ2) is 5.31. The Morgan fingerprint density at radius 3 is 2.80 bits per heavy atom. The maximum absolute atomic E-state index is 5.76. The van der Waals surface area contributed by atoms with Gasteiger partial charge in [0.25, 0.3) is 0 Å². The molecule has 4 atom stereocenters. The molecule has 1 N–H and O–H groups in total.